The Bertz CT molecular complexity index is 1090. The molecule has 0 spiro atoms. The maximum Gasteiger partial charge on any atom is 0.254 e. The van der Waals surface area contributed by atoms with E-state index in [2.05, 4.69) is 29.6 Å². The molecule has 0 aliphatic carbocycles. The van der Waals surface area contributed by atoms with Crippen LogP contribution in [0.25, 0.3) is 0 Å². The summed E-state index contributed by atoms with van der Waals surface area (Å²) in [6.45, 7) is 1.62. The molecule has 0 saturated carbocycles. The monoisotopic (exact) mass is 442 g/mol. The van der Waals surface area contributed by atoms with Crippen molar-refractivity contribution in [3.8, 4) is 11.5 Å². The zero-order valence-corrected chi connectivity index (χ0v) is 18.3. The van der Waals surface area contributed by atoms with Gasteiger partial charge in [0.1, 0.15) is 0 Å². The fourth-order valence-electron chi connectivity index (χ4n) is 4.40. The standard InChI is InChI=1S/C27H26N2O4/c30-26(22-16-29(17-22)27(31)21-11-12-24-25(15-21)33-18-32-24)28-14-13-23(19-7-3-1-4-8-19)20-9-5-2-6-10-20/h1-12,15,22-23H,13-14,16-18H2,(H,28,30). The molecule has 1 fully saturated rings. The van der Waals surface area contributed by atoms with Crippen molar-refractivity contribution in [3.63, 3.8) is 0 Å². The average Bonchev–Trinajstić information content (AvgIpc) is 3.30. The number of fused-ring (bicyclic) bond motifs is 1. The zero-order valence-electron chi connectivity index (χ0n) is 18.3. The van der Waals surface area contributed by atoms with Gasteiger partial charge in [-0.2, -0.15) is 0 Å². The summed E-state index contributed by atoms with van der Waals surface area (Å²) in [6, 6.07) is 25.9. The first-order valence-electron chi connectivity index (χ1n) is 11.3. The number of rotatable bonds is 7. The molecular weight excluding hydrogens is 416 g/mol. The molecule has 2 heterocycles. The smallest absolute Gasteiger partial charge is 0.254 e. The van der Waals surface area contributed by atoms with E-state index in [9.17, 15) is 9.59 Å². The van der Waals surface area contributed by atoms with Crippen LogP contribution in [0.3, 0.4) is 0 Å². The van der Waals surface area contributed by atoms with Gasteiger partial charge in [0.05, 0.1) is 5.92 Å². The Balaban J connectivity index is 1.13. The minimum absolute atomic E-state index is 0.00427. The van der Waals surface area contributed by atoms with Gasteiger partial charge < -0.3 is 19.7 Å². The first kappa shape index (κ1) is 21.1. The molecule has 2 aliphatic rings. The lowest BCUT2D eigenvalue weighted by Gasteiger charge is -2.38. The lowest BCUT2D eigenvalue weighted by atomic mass is 9.88. The molecule has 0 bridgehead atoms. The number of likely N-dealkylation sites (tertiary alicyclic amines) is 1. The van der Waals surface area contributed by atoms with Gasteiger partial charge in [0.15, 0.2) is 11.5 Å². The van der Waals surface area contributed by atoms with E-state index < -0.39 is 0 Å². The molecule has 0 unspecified atom stereocenters. The first-order valence-corrected chi connectivity index (χ1v) is 11.3. The number of amides is 2. The highest BCUT2D eigenvalue weighted by atomic mass is 16.7. The van der Waals surface area contributed by atoms with E-state index in [0.717, 1.165) is 6.42 Å². The van der Waals surface area contributed by atoms with Crippen molar-refractivity contribution in [2.45, 2.75) is 12.3 Å². The molecule has 0 radical (unpaired) electrons. The third-order valence-corrected chi connectivity index (χ3v) is 6.30. The predicted molar refractivity (Wildman–Crippen MR) is 124 cm³/mol. The second kappa shape index (κ2) is 9.36. The van der Waals surface area contributed by atoms with Gasteiger partial charge in [-0.05, 0) is 35.7 Å². The van der Waals surface area contributed by atoms with Gasteiger partial charge in [-0.3, -0.25) is 9.59 Å². The lowest BCUT2D eigenvalue weighted by molar-refractivity contribution is -0.128. The molecule has 1 N–H and O–H groups in total. The van der Waals surface area contributed by atoms with Crippen LogP contribution in [0.15, 0.2) is 78.9 Å². The highest BCUT2D eigenvalue weighted by Crippen LogP contribution is 2.33. The molecule has 0 atom stereocenters. The minimum atomic E-state index is -0.171. The highest BCUT2D eigenvalue weighted by molar-refractivity contribution is 5.96. The topological polar surface area (TPSA) is 67.9 Å². The Hall–Kier alpha value is -3.80. The van der Waals surface area contributed by atoms with E-state index in [1.165, 1.54) is 11.1 Å². The maximum atomic E-state index is 12.7. The number of hydrogen-bond donors (Lipinski definition) is 1. The van der Waals surface area contributed by atoms with E-state index in [0.29, 0.717) is 36.7 Å². The van der Waals surface area contributed by atoms with E-state index in [4.69, 9.17) is 9.47 Å². The van der Waals surface area contributed by atoms with Gasteiger partial charge in [-0.1, -0.05) is 60.7 Å². The summed E-state index contributed by atoms with van der Waals surface area (Å²) in [5.74, 6) is 1.20. The normalized spacial score (nSPS) is 14.8. The molecule has 168 valence electrons. The average molecular weight is 443 g/mol. The van der Waals surface area contributed by atoms with Gasteiger partial charge in [-0.15, -0.1) is 0 Å². The van der Waals surface area contributed by atoms with Gasteiger partial charge in [0.25, 0.3) is 5.91 Å². The highest BCUT2D eigenvalue weighted by Gasteiger charge is 2.36. The molecule has 0 aromatic heterocycles. The number of carbonyl (C=O) groups is 2. The van der Waals surface area contributed by atoms with Crippen molar-refractivity contribution < 1.29 is 19.1 Å². The minimum Gasteiger partial charge on any atom is -0.454 e. The van der Waals surface area contributed by atoms with Crippen molar-refractivity contribution in [2.75, 3.05) is 26.4 Å². The second-order valence-electron chi connectivity index (χ2n) is 8.43. The van der Waals surface area contributed by atoms with Crippen molar-refractivity contribution in [2.24, 2.45) is 5.92 Å². The summed E-state index contributed by atoms with van der Waals surface area (Å²) in [5, 5.41) is 3.07. The Morgan fingerprint density at radius 2 is 1.52 bits per heavy atom. The molecule has 33 heavy (non-hydrogen) atoms. The number of benzene rings is 3. The lowest BCUT2D eigenvalue weighted by Crippen LogP contribution is -2.55. The summed E-state index contributed by atoms with van der Waals surface area (Å²) in [7, 11) is 0. The Morgan fingerprint density at radius 3 is 2.18 bits per heavy atom. The summed E-state index contributed by atoms with van der Waals surface area (Å²) in [4.78, 5) is 27.1. The molecule has 3 aromatic rings. The van der Waals surface area contributed by atoms with Crippen LogP contribution < -0.4 is 14.8 Å². The number of hydrogen-bond acceptors (Lipinski definition) is 4. The van der Waals surface area contributed by atoms with Crippen LogP contribution in [-0.2, 0) is 4.79 Å². The number of carbonyl (C=O) groups excluding carboxylic acids is 2. The Morgan fingerprint density at radius 1 is 0.879 bits per heavy atom. The summed E-state index contributed by atoms with van der Waals surface area (Å²) >= 11 is 0. The molecule has 6 heteroatoms. The van der Waals surface area contributed by atoms with Crippen LogP contribution in [0.1, 0.15) is 33.8 Å². The van der Waals surface area contributed by atoms with Crippen molar-refractivity contribution in [3.05, 3.63) is 95.6 Å². The second-order valence-corrected chi connectivity index (χ2v) is 8.43. The first-order chi connectivity index (χ1) is 16.2. The molecule has 1 saturated heterocycles. The van der Waals surface area contributed by atoms with Crippen LogP contribution in [0, 0.1) is 5.92 Å². The predicted octanol–water partition coefficient (Wildman–Crippen LogP) is 3.83. The Labute approximate surface area is 193 Å². The molecule has 2 aliphatic heterocycles. The van der Waals surface area contributed by atoms with E-state index in [-0.39, 0.29) is 30.4 Å². The maximum absolute atomic E-state index is 12.7. The van der Waals surface area contributed by atoms with Crippen molar-refractivity contribution >= 4 is 11.8 Å². The fourth-order valence-corrected chi connectivity index (χ4v) is 4.40. The quantitative estimate of drug-likeness (QED) is 0.604. The summed E-state index contributed by atoms with van der Waals surface area (Å²) in [6.07, 6.45) is 0.812. The molecule has 2 amide bonds. The summed E-state index contributed by atoms with van der Waals surface area (Å²) < 4.78 is 10.6. The zero-order chi connectivity index (χ0) is 22.6. The third-order valence-electron chi connectivity index (χ3n) is 6.30. The number of nitrogens with one attached hydrogen (secondary N) is 1. The van der Waals surface area contributed by atoms with Crippen molar-refractivity contribution in [1.29, 1.82) is 0 Å². The van der Waals surface area contributed by atoms with Gasteiger partial charge in [-0.25, -0.2) is 0 Å². The van der Waals surface area contributed by atoms with Gasteiger partial charge in [0, 0.05) is 31.1 Å². The molecule has 6 nitrogen and oxygen atoms in total. The Kier molecular flexibility index (Phi) is 5.98. The SMILES string of the molecule is O=C(NCCC(c1ccccc1)c1ccccc1)C1CN(C(=O)c2ccc3c(c2)OCO3)C1. The van der Waals surface area contributed by atoms with Crippen LogP contribution in [0.4, 0.5) is 0 Å². The molecule has 3 aromatic carbocycles. The molecular formula is C27H26N2O4. The number of nitrogens with zero attached hydrogens (tertiary/aromatic N) is 1. The van der Waals surface area contributed by atoms with E-state index in [1.807, 2.05) is 36.4 Å². The van der Waals surface area contributed by atoms with Gasteiger partial charge >= 0.3 is 0 Å². The van der Waals surface area contributed by atoms with Crippen molar-refractivity contribution in [1.82, 2.24) is 10.2 Å². The third kappa shape index (κ3) is 4.55. The number of ether oxygens (including phenoxy) is 2. The van der Waals surface area contributed by atoms with E-state index >= 15 is 0 Å². The largest absolute Gasteiger partial charge is 0.454 e. The van der Waals surface area contributed by atoms with Crippen LogP contribution >= 0.6 is 0 Å². The van der Waals surface area contributed by atoms with Crippen LogP contribution in [-0.4, -0.2) is 43.1 Å². The van der Waals surface area contributed by atoms with Crippen LogP contribution in [0.5, 0.6) is 11.5 Å². The summed E-state index contributed by atoms with van der Waals surface area (Å²) in [5.41, 5.74) is 3.02. The molecule has 5 rings (SSSR count). The van der Waals surface area contributed by atoms with Crippen LogP contribution in [0.2, 0.25) is 0 Å². The van der Waals surface area contributed by atoms with E-state index in [1.54, 1.807) is 23.1 Å². The van der Waals surface area contributed by atoms with Gasteiger partial charge in [0.2, 0.25) is 12.7 Å². The fraction of sp³-hybridized carbons (Fsp3) is 0.259.